The number of benzene rings is 1. The molecule has 0 unspecified atom stereocenters. The van der Waals surface area contributed by atoms with Gasteiger partial charge in [0.15, 0.2) is 0 Å². The lowest BCUT2D eigenvalue weighted by molar-refractivity contribution is 0.587. The molecule has 1 heterocycles. The zero-order chi connectivity index (χ0) is 16.5. The number of hydrogen-bond donors (Lipinski definition) is 1. The van der Waals surface area contributed by atoms with Crippen LogP contribution in [-0.4, -0.2) is 13.4 Å². The van der Waals surface area contributed by atoms with Crippen molar-refractivity contribution >= 4 is 43.2 Å². The van der Waals surface area contributed by atoms with Gasteiger partial charge < -0.3 is 0 Å². The van der Waals surface area contributed by atoms with Crippen LogP contribution in [-0.2, 0) is 15.4 Å². The van der Waals surface area contributed by atoms with E-state index in [4.69, 9.17) is 11.6 Å². The molecule has 1 N–H and O–H groups in total. The highest BCUT2D eigenvalue weighted by molar-refractivity contribution is 9.10. The molecule has 2 aromatic rings. The Balaban J connectivity index is 2.33. The van der Waals surface area contributed by atoms with E-state index < -0.39 is 10.0 Å². The molecule has 0 amide bonds. The Labute approximate surface area is 144 Å². The highest BCUT2D eigenvalue weighted by atomic mass is 79.9. The lowest BCUT2D eigenvalue weighted by Crippen LogP contribution is -2.15. The molecule has 7 heteroatoms. The average molecular weight is 404 g/mol. The first-order valence-electron chi connectivity index (χ1n) is 6.54. The second-order valence-corrected chi connectivity index (χ2v) is 8.74. The first kappa shape index (κ1) is 17.2. The monoisotopic (exact) mass is 402 g/mol. The number of sulfonamides is 1. The van der Waals surface area contributed by atoms with Gasteiger partial charge in [-0.15, -0.1) is 0 Å². The molecule has 0 aliphatic carbocycles. The predicted molar refractivity (Wildman–Crippen MR) is 92.9 cm³/mol. The molecular formula is C15H16BrClN2O2S. The third-order valence-corrected chi connectivity index (χ3v) is 5.30. The Morgan fingerprint density at radius 3 is 2.32 bits per heavy atom. The Morgan fingerprint density at radius 1 is 1.18 bits per heavy atom. The molecule has 0 radical (unpaired) electrons. The maximum atomic E-state index is 12.4. The molecule has 1 aromatic carbocycles. The van der Waals surface area contributed by atoms with E-state index in [-0.39, 0.29) is 10.3 Å². The van der Waals surface area contributed by atoms with Crippen LogP contribution in [0.2, 0.25) is 5.02 Å². The van der Waals surface area contributed by atoms with Gasteiger partial charge in [-0.1, -0.05) is 44.5 Å². The quantitative estimate of drug-likeness (QED) is 0.762. The van der Waals surface area contributed by atoms with Gasteiger partial charge in [-0.05, 0) is 45.1 Å². The average Bonchev–Trinajstić information content (AvgIpc) is 2.42. The van der Waals surface area contributed by atoms with Crippen molar-refractivity contribution in [2.24, 2.45) is 0 Å². The largest absolute Gasteiger partial charge is 0.277 e. The van der Waals surface area contributed by atoms with Gasteiger partial charge in [0.25, 0.3) is 10.0 Å². The summed E-state index contributed by atoms with van der Waals surface area (Å²) in [6, 6.07) is 8.32. The highest BCUT2D eigenvalue weighted by Crippen LogP contribution is 2.27. The van der Waals surface area contributed by atoms with Gasteiger partial charge in [-0.25, -0.2) is 13.4 Å². The molecule has 4 nitrogen and oxygen atoms in total. The summed E-state index contributed by atoms with van der Waals surface area (Å²) in [5.41, 5.74) is 1.33. The van der Waals surface area contributed by atoms with E-state index in [2.05, 4.69) is 46.4 Å². The molecule has 0 aliphatic heterocycles. The van der Waals surface area contributed by atoms with Crippen molar-refractivity contribution in [3.05, 3.63) is 51.7 Å². The number of anilines is 1. The van der Waals surface area contributed by atoms with Crippen molar-refractivity contribution in [1.29, 1.82) is 0 Å². The fraction of sp³-hybridized carbons (Fsp3) is 0.267. The Hall–Kier alpha value is -1.11. The third-order valence-electron chi connectivity index (χ3n) is 3.08. The van der Waals surface area contributed by atoms with Gasteiger partial charge in [0, 0.05) is 6.20 Å². The third kappa shape index (κ3) is 4.00. The molecule has 0 bridgehead atoms. The van der Waals surface area contributed by atoms with Gasteiger partial charge in [0.05, 0.1) is 15.6 Å². The zero-order valence-corrected chi connectivity index (χ0v) is 15.6. The Morgan fingerprint density at radius 2 is 1.77 bits per heavy atom. The Bertz CT molecular complexity index is 784. The van der Waals surface area contributed by atoms with Crippen LogP contribution >= 0.6 is 27.5 Å². The summed E-state index contributed by atoms with van der Waals surface area (Å²) in [7, 11) is -3.69. The second-order valence-electron chi connectivity index (χ2n) is 5.87. The zero-order valence-electron chi connectivity index (χ0n) is 12.4. The molecule has 0 fully saturated rings. The van der Waals surface area contributed by atoms with Crippen LogP contribution in [0.25, 0.3) is 0 Å². The minimum atomic E-state index is -3.69. The van der Waals surface area contributed by atoms with E-state index >= 15 is 0 Å². The maximum absolute atomic E-state index is 12.4. The number of pyridine rings is 1. The van der Waals surface area contributed by atoms with E-state index in [1.807, 2.05) is 12.1 Å². The van der Waals surface area contributed by atoms with Gasteiger partial charge in [0.1, 0.15) is 4.60 Å². The van der Waals surface area contributed by atoms with E-state index in [1.165, 1.54) is 12.3 Å². The predicted octanol–water partition coefficient (Wildman–Crippen LogP) is 4.60. The number of halogens is 2. The first-order chi connectivity index (χ1) is 10.1. The summed E-state index contributed by atoms with van der Waals surface area (Å²) in [5, 5.41) is 0.351. The van der Waals surface area contributed by atoms with Crippen molar-refractivity contribution in [3.8, 4) is 0 Å². The molecular weight excluding hydrogens is 388 g/mol. The molecule has 0 spiro atoms. The molecule has 118 valence electrons. The minimum Gasteiger partial charge on any atom is -0.277 e. The van der Waals surface area contributed by atoms with Crippen molar-refractivity contribution in [2.75, 3.05) is 4.72 Å². The lowest BCUT2D eigenvalue weighted by atomic mass is 9.87. The van der Waals surface area contributed by atoms with Gasteiger partial charge >= 0.3 is 0 Å². The molecule has 0 aliphatic rings. The molecule has 0 atom stereocenters. The fourth-order valence-corrected chi connectivity index (χ4v) is 3.49. The van der Waals surface area contributed by atoms with Crippen LogP contribution in [0.4, 0.5) is 5.69 Å². The van der Waals surface area contributed by atoms with Gasteiger partial charge in [0.2, 0.25) is 0 Å². The van der Waals surface area contributed by atoms with Crippen LogP contribution < -0.4 is 4.72 Å². The SMILES string of the molecule is CC(C)(C)c1ccc(S(=O)(=O)Nc2cc(Cl)cnc2Br)cc1. The summed E-state index contributed by atoms with van der Waals surface area (Å²) >= 11 is 9.04. The Kier molecular flexibility index (Phi) is 4.84. The van der Waals surface area contributed by atoms with E-state index in [1.54, 1.807) is 12.1 Å². The van der Waals surface area contributed by atoms with Crippen molar-refractivity contribution < 1.29 is 8.42 Å². The maximum Gasteiger partial charge on any atom is 0.261 e. The highest BCUT2D eigenvalue weighted by Gasteiger charge is 2.19. The van der Waals surface area contributed by atoms with Crippen molar-refractivity contribution in [1.82, 2.24) is 4.98 Å². The molecule has 0 saturated heterocycles. The van der Waals surface area contributed by atoms with E-state index in [9.17, 15) is 8.42 Å². The number of rotatable bonds is 3. The number of hydrogen-bond acceptors (Lipinski definition) is 3. The van der Waals surface area contributed by atoms with Crippen molar-refractivity contribution in [3.63, 3.8) is 0 Å². The summed E-state index contributed by atoms with van der Waals surface area (Å²) in [6.07, 6.45) is 1.43. The van der Waals surface area contributed by atoms with Crippen LogP contribution in [0.1, 0.15) is 26.3 Å². The molecule has 2 rings (SSSR count). The topological polar surface area (TPSA) is 59.1 Å². The number of nitrogens with one attached hydrogen (secondary N) is 1. The summed E-state index contributed by atoms with van der Waals surface area (Å²) in [6.45, 7) is 6.22. The standard InChI is InChI=1S/C15H16BrClN2O2S/c1-15(2,3)10-4-6-12(7-5-10)22(20,21)19-13-8-11(17)9-18-14(13)16/h4-9,19H,1-3H3. The number of aromatic nitrogens is 1. The second kappa shape index (κ2) is 6.18. The van der Waals surface area contributed by atoms with Crippen LogP contribution in [0.3, 0.4) is 0 Å². The number of nitrogens with zero attached hydrogens (tertiary/aromatic N) is 1. The fourth-order valence-electron chi connectivity index (χ4n) is 1.83. The lowest BCUT2D eigenvalue weighted by Gasteiger charge is -2.19. The summed E-state index contributed by atoms with van der Waals surface area (Å²) in [5.74, 6) is 0. The van der Waals surface area contributed by atoms with Crippen LogP contribution in [0, 0.1) is 0 Å². The normalized spacial score (nSPS) is 12.2. The molecule has 22 heavy (non-hydrogen) atoms. The minimum absolute atomic E-state index is 0.0321. The first-order valence-corrected chi connectivity index (χ1v) is 9.19. The smallest absolute Gasteiger partial charge is 0.261 e. The van der Waals surface area contributed by atoms with Gasteiger partial charge in [-0.2, -0.15) is 0 Å². The summed E-state index contributed by atoms with van der Waals surface area (Å²) < 4.78 is 27.7. The molecule has 0 saturated carbocycles. The van der Waals surface area contributed by atoms with Gasteiger partial charge in [-0.3, -0.25) is 4.72 Å². The van der Waals surface area contributed by atoms with Crippen molar-refractivity contribution in [2.45, 2.75) is 31.1 Å². The summed E-state index contributed by atoms with van der Waals surface area (Å²) in [4.78, 5) is 4.15. The molecule has 1 aromatic heterocycles. The van der Waals surface area contributed by atoms with E-state index in [0.717, 1.165) is 5.56 Å². The van der Waals surface area contributed by atoms with E-state index in [0.29, 0.717) is 15.3 Å². The van der Waals surface area contributed by atoms with Crippen LogP contribution in [0.5, 0.6) is 0 Å². The van der Waals surface area contributed by atoms with Crippen LogP contribution in [0.15, 0.2) is 46.0 Å².